The monoisotopic (exact) mass is 288 g/mol. The van der Waals surface area contributed by atoms with Gasteiger partial charge >= 0.3 is 0 Å². The second-order valence-corrected chi connectivity index (χ2v) is 4.21. The van der Waals surface area contributed by atoms with Crippen LogP contribution in [0.2, 0.25) is 0 Å². The average Bonchev–Trinajstić information content (AvgIpc) is 2.21. The van der Waals surface area contributed by atoms with E-state index in [1.54, 1.807) is 6.07 Å². The fraction of sp³-hybridized carbons (Fsp3) is 0.400. The number of benzene rings is 1. The van der Waals surface area contributed by atoms with Crippen LogP contribution in [0.5, 0.6) is 5.75 Å². The summed E-state index contributed by atoms with van der Waals surface area (Å²) in [4.78, 5) is 10.1. The van der Waals surface area contributed by atoms with E-state index in [1.165, 1.54) is 12.1 Å². The summed E-state index contributed by atoms with van der Waals surface area (Å²) >= 11 is 3.25. The number of nitro groups is 1. The maximum Gasteiger partial charge on any atom is 0.270 e. The van der Waals surface area contributed by atoms with Crippen LogP contribution < -0.4 is 10.1 Å². The lowest BCUT2D eigenvalue weighted by Gasteiger charge is -2.15. The van der Waals surface area contributed by atoms with E-state index >= 15 is 0 Å². The number of hydrogen-bond acceptors (Lipinski definition) is 4. The van der Waals surface area contributed by atoms with E-state index in [9.17, 15) is 10.1 Å². The number of nitrogens with one attached hydrogen (secondary N) is 1. The predicted octanol–water partition coefficient (Wildman–Crippen LogP) is 2.34. The first-order valence-corrected chi connectivity index (χ1v) is 5.59. The Labute approximate surface area is 102 Å². The molecule has 0 aliphatic carbocycles. The molecule has 1 rings (SSSR count). The quantitative estimate of drug-likeness (QED) is 0.667. The number of nitro benzene ring substituents is 1. The van der Waals surface area contributed by atoms with Crippen LogP contribution in [0.3, 0.4) is 0 Å². The minimum Gasteiger partial charge on any atom is -0.488 e. The molecule has 0 saturated carbocycles. The summed E-state index contributed by atoms with van der Waals surface area (Å²) in [5.41, 5.74) is 0.0421. The molecule has 88 valence electrons. The van der Waals surface area contributed by atoms with Gasteiger partial charge < -0.3 is 10.1 Å². The molecule has 0 aliphatic heterocycles. The zero-order valence-electron chi connectivity index (χ0n) is 9.07. The second-order valence-electron chi connectivity index (χ2n) is 3.36. The molecule has 1 aromatic carbocycles. The van der Waals surface area contributed by atoms with E-state index in [-0.39, 0.29) is 11.8 Å². The zero-order valence-corrected chi connectivity index (χ0v) is 10.7. The summed E-state index contributed by atoms with van der Waals surface area (Å²) in [6.07, 6.45) is 0.00255. The van der Waals surface area contributed by atoms with Crippen molar-refractivity contribution in [3.05, 3.63) is 32.8 Å². The molecular formula is C10H13BrN2O3. The molecule has 1 aromatic rings. The van der Waals surface area contributed by atoms with Crippen molar-refractivity contribution in [2.45, 2.75) is 13.0 Å². The van der Waals surface area contributed by atoms with Crippen molar-refractivity contribution < 1.29 is 9.66 Å². The molecule has 0 spiro atoms. The lowest BCUT2D eigenvalue weighted by atomic mass is 10.3. The summed E-state index contributed by atoms with van der Waals surface area (Å²) in [6.45, 7) is 2.63. The molecule has 0 bridgehead atoms. The molecular weight excluding hydrogens is 276 g/mol. The van der Waals surface area contributed by atoms with Crippen LogP contribution in [0.25, 0.3) is 0 Å². The Hall–Kier alpha value is -1.14. The normalized spacial score (nSPS) is 12.2. The Balaban J connectivity index is 2.79. The molecule has 1 N–H and O–H groups in total. The average molecular weight is 289 g/mol. The lowest BCUT2D eigenvalue weighted by Crippen LogP contribution is -2.26. The minimum absolute atomic E-state index is 0.00255. The Bertz CT molecular complexity index is 384. The van der Waals surface area contributed by atoms with Crippen LogP contribution in [0.15, 0.2) is 22.7 Å². The Morgan fingerprint density at radius 3 is 2.81 bits per heavy atom. The maximum atomic E-state index is 10.5. The van der Waals surface area contributed by atoms with E-state index in [2.05, 4.69) is 21.2 Å². The molecule has 0 heterocycles. The van der Waals surface area contributed by atoms with Crippen LogP contribution in [0.1, 0.15) is 6.92 Å². The molecule has 0 aliphatic rings. The summed E-state index contributed by atoms with van der Waals surface area (Å²) in [5, 5.41) is 13.5. The first-order valence-electron chi connectivity index (χ1n) is 4.79. The maximum absolute atomic E-state index is 10.5. The van der Waals surface area contributed by atoms with E-state index in [1.807, 2.05) is 14.0 Å². The van der Waals surface area contributed by atoms with E-state index in [4.69, 9.17) is 4.74 Å². The molecule has 0 amide bonds. The molecule has 16 heavy (non-hydrogen) atoms. The second kappa shape index (κ2) is 5.81. The van der Waals surface area contributed by atoms with Gasteiger partial charge in [-0.15, -0.1) is 0 Å². The highest BCUT2D eigenvalue weighted by atomic mass is 79.9. The van der Waals surface area contributed by atoms with Gasteiger partial charge in [0.15, 0.2) is 0 Å². The van der Waals surface area contributed by atoms with Gasteiger partial charge in [-0.25, -0.2) is 0 Å². The number of rotatable bonds is 5. The molecule has 1 unspecified atom stereocenters. The van der Waals surface area contributed by atoms with Crippen molar-refractivity contribution in [2.75, 3.05) is 13.6 Å². The molecule has 0 saturated heterocycles. The highest BCUT2D eigenvalue weighted by Gasteiger charge is 2.11. The number of halogens is 1. The van der Waals surface area contributed by atoms with Crippen LogP contribution in [0, 0.1) is 10.1 Å². The molecule has 1 atom stereocenters. The van der Waals surface area contributed by atoms with Crippen molar-refractivity contribution in [3.63, 3.8) is 0 Å². The number of nitrogens with zero attached hydrogens (tertiary/aromatic N) is 1. The highest BCUT2D eigenvalue weighted by Crippen LogP contribution is 2.29. The summed E-state index contributed by atoms with van der Waals surface area (Å²) < 4.78 is 6.18. The molecule has 0 fully saturated rings. The van der Waals surface area contributed by atoms with Crippen LogP contribution in [0.4, 0.5) is 5.69 Å². The summed E-state index contributed by atoms with van der Waals surface area (Å²) in [6, 6.07) is 4.45. The van der Waals surface area contributed by atoms with E-state index in [0.29, 0.717) is 16.8 Å². The largest absolute Gasteiger partial charge is 0.488 e. The standard InChI is InChI=1S/C10H13BrN2O3/c1-7(6-12-2)16-10-4-3-8(13(14)15)5-9(10)11/h3-5,7,12H,6H2,1-2H3. The van der Waals surface area contributed by atoms with Gasteiger partial charge in [-0.2, -0.15) is 0 Å². The SMILES string of the molecule is CNCC(C)Oc1ccc([N+](=O)[O-])cc1Br. The van der Waals surface area contributed by atoms with Gasteiger partial charge in [0.2, 0.25) is 0 Å². The van der Waals surface area contributed by atoms with E-state index < -0.39 is 4.92 Å². The van der Waals surface area contributed by atoms with Gasteiger partial charge in [0.05, 0.1) is 9.40 Å². The van der Waals surface area contributed by atoms with Crippen molar-refractivity contribution in [3.8, 4) is 5.75 Å². The van der Waals surface area contributed by atoms with Gasteiger partial charge in [-0.3, -0.25) is 10.1 Å². The fourth-order valence-electron chi connectivity index (χ4n) is 1.24. The molecule has 6 heteroatoms. The number of non-ortho nitro benzene ring substituents is 1. The third kappa shape index (κ3) is 3.46. The van der Waals surface area contributed by atoms with Gasteiger partial charge in [-0.1, -0.05) is 0 Å². The number of ether oxygens (including phenoxy) is 1. The minimum atomic E-state index is -0.439. The van der Waals surface area contributed by atoms with Crippen LogP contribution >= 0.6 is 15.9 Å². The molecule has 5 nitrogen and oxygen atoms in total. The van der Waals surface area contributed by atoms with Crippen molar-refractivity contribution in [1.82, 2.24) is 5.32 Å². The van der Waals surface area contributed by atoms with Gasteiger partial charge in [0.25, 0.3) is 5.69 Å². The Morgan fingerprint density at radius 2 is 2.31 bits per heavy atom. The lowest BCUT2D eigenvalue weighted by molar-refractivity contribution is -0.385. The molecule has 0 aromatic heterocycles. The van der Waals surface area contributed by atoms with Gasteiger partial charge in [-0.05, 0) is 36.0 Å². The topological polar surface area (TPSA) is 64.4 Å². The Morgan fingerprint density at radius 1 is 1.62 bits per heavy atom. The van der Waals surface area contributed by atoms with Crippen molar-refractivity contribution in [2.24, 2.45) is 0 Å². The molecule has 0 radical (unpaired) electrons. The van der Waals surface area contributed by atoms with Crippen LogP contribution in [-0.4, -0.2) is 24.6 Å². The Kier molecular flexibility index (Phi) is 4.70. The number of hydrogen-bond donors (Lipinski definition) is 1. The van der Waals surface area contributed by atoms with E-state index in [0.717, 1.165) is 0 Å². The van der Waals surface area contributed by atoms with Crippen molar-refractivity contribution >= 4 is 21.6 Å². The van der Waals surface area contributed by atoms with Gasteiger partial charge in [0.1, 0.15) is 11.9 Å². The third-order valence-electron chi connectivity index (χ3n) is 1.95. The van der Waals surface area contributed by atoms with Crippen molar-refractivity contribution in [1.29, 1.82) is 0 Å². The first kappa shape index (κ1) is 12.9. The third-order valence-corrected chi connectivity index (χ3v) is 2.57. The zero-order chi connectivity index (χ0) is 12.1. The fourth-order valence-corrected chi connectivity index (χ4v) is 1.70. The summed E-state index contributed by atoms with van der Waals surface area (Å²) in [5.74, 6) is 0.605. The van der Waals surface area contributed by atoms with Gasteiger partial charge in [0, 0.05) is 18.7 Å². The number of likely N-dealkylation sites (N-methyl/N-ethyl adjacent to an activating group) is 1. The smallest absolute Gasteiger partial charge is 0.270 e. The van der Waals surface area contributed by atoms with Crippen LogP contribution in [-0.2, 0) is 0 Å². The predicted molar refractivity (Wildman–Crippen MR) is 64.8 cm³/mol. The highest BCUT2D eigenvalue weighted by molar-refractivity contribution is 9.10. The summed E-state index contributed by atoms with van der Waals surface area (Å²) in [7, 11) is 1.84. The first-order chi connectivity index (χ1) is 7.54.